The number of aromatic carboxylic acids is 1. The van der Waals surface area contributed by atoms with Crippen molar-refractivity contribution < 1.29 is 24.6 Å². The number of anilines is 1. The van der Waals surface area contributed by atoms with Crippen LogP contribution in [0.25, 0.3) is 11.1 Å². The van der Waals surface area contributed by atoms with Gasteiger partial charge in [0.25, 0.3) is 11.8 Å². The summed E-state index contributed by atoms with van der Waals surface area (Å²) in [4.78, 5) is 42.7. The van der Waals surface area contributed by atoms with Gasteiger partial charge in [-0.2, -0.15) is 0 Å². The molecule has 2 aromatic carbocycles. The van der Waals surface area contributed by atoms with E-state index >= 15 is 0 Å². The number of hydrogen-bond acceptors (Lipinski definition) is 6. The van der Waals surface area contributed by atoms with Gasteiger partial charge in [0.2, 0.25) is 0 Å². The van der Waals surface area contributed by atoms with Gasteiger partial charge in [-0.25, -0.2) is 9.78 Å². The second kappa shape index (κ2) is 11.3. The molecular weight excluding hydrogens is 472 g/mol. The summed E-state index contributed by atoms with van der Waals surface area (Å²) in [6.07, 6.45) is 0. The number of nitrogens with one attached hydrogen (secondary N) is 2. The van der Waals surface area contributed by atoms with Crippen molar-refractivity contribution in [3.63, 3.8) is 0 Å². The number of aliphatic hydroxyl groups is 1. The van der Waals surface area contributed by atoms with Crippen LogP contribution in [0.5, 0.6) is 0 Å². The van der Waals surface area contributed by atoms with Gasteiger partial charge in [0, 0.05) is 29.1 Å². The maximum atomic E-state index is 13.2. The fourth-order valence-electron chi connectivity index (χ4n) is 3.79. The molecule has 3 rings (SSSR count). The molecule has 3 aromatic rings. The average Bonchev–Trinajstić information content (AvgIpc) is 2.86. The van der Waals surface area contributed by atoms with E-state index in [9.17, 15) is 24.6 Å². The van der Waals surface area contributed by atoms with Gasteiger partial charge in [-0.1, -0.05) is 45.0 Å². The monoisotopic (exact) mass is 504 g/mol. The number of nitrogens with zero attached hydrogens (tertiary/aromatic N) is 1. The van der Waals surface area contributed by atoms with Crippen LogP contribution in [0.15, 0.2) is 54.6 Å². The fraction of sp³-hybridized carbons (Fsp3) is 0.286. The van der Waals surface area contributed by atoms with E-state index in [1.165, 1.54) is 18.2 Å². The SMILES string of the molecule is Cc1ccc(-c2ccc(C(=O)N[C@H](CO)C(C)(C)C)cc2C(=O)O)c(C(=O)Nc2cccc(CN)c2)n1. The van der Waals surface area contributed by atoms with Gasteiger partial charge < -0.3 is 26.6 Å². The number of pyridine rings is 1. The normalized spacial score (nSPS) is 12.1. The number of benzene rings is 2. The van der Waals surface area contributed by atoms with E-state index in [1.54, 1.807) is 37.3 Å². The van der Waals surface area contributed by atoms with Crippen molar-refractivity contribution in [2.75, 3.05) is 11.9 Å². The molecular formula is C28H32N4O5. The lowest BCUT2D eigenvalue weighted by molar-refractivity contribution is 0.0697. The van der Waals surface area contributed by atoms with Gasteiger partial charge in [0.15, 0.2) is 0 Å². The lowest BCUT2D eigenvalue weighted by Gasteiger charge is -2.29. The second-order valence-electron chi connectivity index (χ2n) is 9.85. The van der Waals surface area contributed by atoms with Gasteiger partial charge >= 0.3 is 5.97 Å². The van der Waals surface area contributed by atoms with Crippen LogP contribution < -0.4 is 16.4 Å². The van der Waals surface area contributed by atoms with Crippen LogP contribution >= 0.6 is 0 Å². The van der Waals surface area contributed by atoms with Crippen molar-refractivity contribution >= 4 is 23.5 Å². The zero-order valence-corrected chi connectivity index (χ0v) is 21.3. The number of rotatable bonds is 8. The molecule has 6 N–H and O–H groups in total. The number of hydrogen-bond donors (Lipinski definition) is 5. The maximum Gasteiger partial charge on any atom is 0.336 e. The number of aliphatic hydroxyl groups excluding tert-OH is 1. The number of nitrogens with two attached hydrogens (primary N) is 1. The van der Waals surface area contributed by atoms with E-state index in [2.05, 4.69) is 15.6 Å². The first-order valence-electron chi connectivity index (χ1n) is 11.8. The molecule has 37 heavy (non-hydrogen) atoms. The Morgan fingerprint density at radius 1 is 1.00 bits per heavy atom. The summed E-state index contributed by atoms with van der Waals surface area (Å²) in [6.45, 7) is 7.42. The van der Waals surface area contributed by atoms with E-state index in [0.717, 1.165) is 5.56 Å². The Kier molecular flexibility index (Phi) is 8.42. The topological polar surface area (TPSA) is 155 Å². The Bertz CT molecular complexity index is 1330. The summed E-state index contributed by atoms with van der Waals surface area (Å²) in [5.41, 5.74) is 7.80. The van der Waals surface area contributed by atoms with E-state index in [4.69, 9.17) is 5.73 Å². The zero-order chi connectivity index (χ0) is 27.3. The van der Waals surface area contributed by atoms with Gasteiger partial charge in [-0.05, 0) is 53.8 Å². The first kappa shape index (κ1) is 27.5. The molecule has 0 spiro atoms. The molecule has 1 aromatic heterocycles. The first-order chi connectivity index (χ1) is 17.4. The molecule has 0 fully saturated rings. The van der Waals surface area contributed by atoms with Gasteiger partial charge in [-0.15, -0.1) is 0 Å². The molecule has 9 nitrogen and oxygen atoms in total. The summed E-state index contributed by atoms with van der Waals surface area (Å²) in [5.74, 6) is -2.29. The smallest absolute Gasteiger partial charge is 0.336 e. The second-order valence-corrected chi connectivity index (χ2v) is 9.85. The fourth-order valence-corrected chi connectivity index (χ4v) is 3.79. The van der Waals surface area contributed by atoms with Crippen molar-refractivity contribution in [3.8, 4) is 11.1 Å². The van der Waals surface area contributed by atoms with Gasteiger partial charge in [0.1, 0.15) is 5.69 Å². The maximum absolute atomic E-state index is 13.2. The van der Waals surface area contributed by atoms with Crippen molar-refractivity contribution in [2.24, 2.45) is 11.1 Å². The third kappa shape index (κ3) is 6.58. The zero-order valence-electron chi connectivity index (χ0n) is 21.3. The lowest BCUT2D eigenvalue weighted by atomic mass is 9.87. The molecule has 0 saturated heterocycles. The molecule has 0 aliphatic carbocycles. The number of carbonyl (C=O) groups is 3. The summed E-state index contributed by atoms with van der Waals surface area (Å²) >= 11 is 0. The standard InChI is InChI=1S/C28H32N4O5/c1-16-8-10-21(24(30-16)26(35)31-19-7-5-6-17(12-19)14-29)20-11-9-18(13-22(20)27(36)37)25(34)32-23(15-33)28(2,3)4/h5-13,23,33H,14-15,29H2,1-4H3,(H,31,35)(H,32,34)(H,36,37)/t23-/m1/s1. The lowest BCUT2D eigenvalue weighted by Crippen LogP contribution is -2.46. The highest BCUT2D eigenvalue weighted by Gasteiger charge is 2.27. The van der Waals surface area contributed by atoms with Crippen LogP contribution in [0.2, 0.25) is 0 Å². The number of carbonyl (C=O) groups excluding carboxylic acids is 2. The van der Waals surface area contributed by atoms with Gasteiger partial charge in [0.05, 0.1) is 18.2 Å². The Balaban J connectivity index is 2.01. The molecule has 0 radical (unpaired) electrons. The Hall–Kier alpha value is -4.08. The minimum Gasteiger partial charge on any atom is -0.478 e. The molecule has 1 heterocycles. The largest absolute Gasteiger partial charge is 0.478 e. The van der Waals surface area contributed by atoms with Crippen LogP contribution in [0, 0.1) is 12.3 Å². The molecule has 0 unspecified atom stereocenters. The van der Waals surface area contributed by atoms with Crippen LogP contribution in [-0.2, 0) is 6.54 Å². The molecule has 0 bridgehead atoms. The van der Waals surface area contributed by atoms with Crippen molar-refractivity contribution in [2.45, 2.75) is 40.3 Å². The molecule has 0 aliphatic heterocycles. The number of amides is 2. The van der Waals surface area contributed by atoms with Gasteiger partial charge in [-0.3, -0.25) is 9.59 Å². The highest BCUT2D eigenvalue weighted by Crippen LogP contribution is 2.29. The summed E-state index contributed by atoms with van der Waals surface area (Å²) in [7, 11) is 0. The highest BCUT2D eigenvalue weighted by atomic mass is 16.4. The Morgan fingerprint density at radius 3 is 2.32 bits per heavy atom. The number of carboxylic acids is 1. The van der Waals surface area contributed by atoms with E-state index < -0.39 is 29.2 Å². The molecule has 194 valence electrons. The Labute approximate surface area is 215 Å². The number of aryl methyl sites for hydroxylation is 1. The van der Waals surface area contributed by atoms with Crippen LogP contribution in [0.3, 0.4) is 0 Å². The molecule has 2 amide bonds. The van der Waals surface area contributed by atoms with E-state index in [0.29, 0.717) is 23.5 Å². The predicted molar refractivity (Wildman–Crippen MR) is 141 cm³/mol. The van der Waals surface area contributed by atoms with Crippen LogP contribution in [-0.4, -0.2) is 45.6 Å². The van der Waals surface area contributed by atoms with Crippen molar-refractivity contribution in [1.29, 1.82) is 0 Å². The molecule has 9 heteroatoms. The Morgan fingerprint density at radius 2 is 1.70 bits per heavy atom. The minimum absolute atomic E-state index is 0.0472. The first-order valence-corrected chi connectivity index (χ1v) is 11.8. The highest BCUT2D eigenvalue weighted by molar-refractivity contribution is 6.09. The average molecular weight is 505 g/mol. The van der Waals surface area contributed by atoms with Crippen molar-refractivity contribution in [1.82, 2.24) is 10.3 Å². The number of aromatic nitrogens is 1. The van der Waals surface area contributed by atoms with Crippen LogP contribution in [0.1, 0.15) is 63.2 Å². The third-order valence-electron chi connectivity index (χ3n) is 6.01. The molecule has 0 saturated carbocycles. The molecule has 1 atom stereocenters. The number of carboxylic acid groups (broad SMARTS) is 1. The third-order valence-corrected chi connectivity index (χ3v) is 6.01. The molecule has 0 aliphatic rings. The summed E-state index contributed by atoms with van der Waals surface area (Å²) < 4.78 is 0. The summed E-state index contributed by atoms with van der Waals surface area (Å²) in [5, 5.41) is 25.2. The summed E-state index contributed by atoms with van der Waals surface area (Å²) in [6, 6.07) is 14.1. The van der Waals surface area contributed by atoms with E-state index in [1.807, 2.05) is 26.8 Å². The predicted octanol–water partition coefficient (Wildman–Crippen LogP) is 3.60. The van der Waals surface area contributed by atoms with Crippen LogP contribution in [0.4, 0.5) is 5.69 Å². The van der Waals surface area contributed by atoms with E-state index in [-0.39, 0.29) is 29.0 Å². The van der Waals surface area contributed by atoms with Crippen molar-refractivity contribution in [3.05, 3.63) is 82.7 Å². The quantitative estimate of drug-likeness (QED) is 0.314. The minimum atomic E-state index is -1.26.